The summed E-state index contributed by atoms with van der Waals surface area (Å²) in [4.78, 5) is 45.1. The molecule has 36 heavy (non-hydrogen) atoms. The van der Waals surface area contributed by atoms with Gasteiger partial charge in [-0.1, -0.05) is 25.3 Å². The number of nitrogens with one attached hydrogen (secondary N) is 3. The fourth-order valence-corrected chi connectivity index (χ4v) is 5.38. The molecule has 1 aliphatic heterocycles. The van der Waals surface area contributed by atoms with Crippen LogP contribution in [0.4, 0.5) is 0 Å². The second kappa shape index (κ2) is 11.8. The fourth-order valence-electron chi connectivity index (χ4n) is 5.38. The summed E-state index contributed by atoms with van der Waals surface area (Å²) in [6, 6.07) is 3.44. The highest BCUT2D eigenvalue weighted by Gasteiger charge is 2.54. The Labute approximate surface area is 213 Å². The zero-order valence-corrected chi connectivity index (χ0v) is 21.7. The highest BCUT2D eigenvalue weighted by molar-refractivity contribution is 5.94. The van der Waals surface area contributed by atoms with E-state index in [1.807, 2.05) is 0 Å². The first-order valence-electron chi connectivity index (χ1n) is 12.8. The number of esters is 1. The molecule has 3 rings (SSSR count). The second-order valence-corrected chi connectivity index (χ2v) is 10.7. The summed E-state index contributed by atoms with van der Waals surface area (Å²) < 4.78 is 5.30. The quantitative estimate of drug-likeness (QED) is 0.229. The van der Waals surface area contributed by atoms with Crippen LogP contribution in [0, 0.1) is 11.3 Å². The van der Waals surface area contributed by atoms with Crippen molar-refractivity contribution in [2.45, 2.75) is 83.4 Å². The summed E-state index contributed by atoms with van der Waals surface area (Å²) in [6.07, 6.45) is 8.06. The summed E-state index contributed by atoms with van der Waals surface area (Å²) in [5.41, 5.74) is 5.17. The molecular formula is C26H40N6O4. The number of aromatic nitrogens is 1. The van der Waals surface area contributed by atoms with E-state index in [-0.39, 0.29) is 43.2 Å². The average molecular weight is 501 g/mol. The van der Waals surface area contributed by atoms with E-state index in [1.54, 1.807) is 44.0 Å². The summed E-state index contributed by atoms with van der Waals surface area (Å²) in [6.45, 7) is 6.09. The molecule has 0 spiro atoms. The van der Waals surface area contributed by atoms with E-state index in [2.05, 4.69) is 15.6 Å². The number of nitrogen functional groups attached to an aromatic ring is 1. The van der Waals surface area contributed by atoms with Gasteiger partial charge in [-0.05, 0) is 64.0 Å². The van der Waals surface area contributed by atoms with Crippen LogP contribution in [0.25, 0.3) is 0 Å². The molecular weight excluding hydrogens is 460 g/mol. The van der Waals surface area contributed by atoms with Gasteiger partial charge in [-0.15, -0.1) is 0 Å². The van der Waals surface area contributed by atoms with E-state index >= 15 is 0 Å². The van der Waals surface area contributed by atoms with E-state index in [9.17, 15) is 14.4 Å². The number of rotatable bonds is 9. The van der Waals surface area contributed by atoms with Crippen molar-refractivity contribution in [3.8, 4) is 0 Å². The Morgan fingerprint density at radius 1 is 1.17 bits per heavy atom. The van der Waals surface area contributed by atoms with E-state index in [1.165, 1.54) is 0 Å². The van der Waals surface area contributed by atoms with Gasteiger partial charge in [0, 0.05) is 19.3 Å². The predicted octanol–water partition coefficient (Wildman–Crippen LogP) is 1.85. The van der Waals surface area contributed by atoms with Crippen LogP contribution in [0.5, 0.6) is 0 Å². The number of carbonyl (C=O) groups is 3. The molecule has 2 aliphatic rings. The lowest BCUT2D eigenvalue weighted by Gasteiger charge is -2.44. The van der Waals surface area contributed by atoms with Crippen molar-refractivity contribution < 1.29 is 19.1 Å². The smallest absolute Gasteiger partial charge is 0.320 e. The summed E-state index contributed by atoms with van der Waals surface area (Å²) in [7, 11) is 0. The van der Waals surface area contributed by atoms with Crippen LogP contribution in [-0.4, -0.2) is 64.3 Å². The average Bonchev–Trinajstić information content (AvgIpc) is 3.28. The minimum atomic E-state index is -0.891. The Morgan fingerprint density at radius 2 is 1.89 bits per heavy atom. The number of ether oxygens (including phenoxy) is 1. The molecule has 1 atom stereocenters. The molecule has 1 aromatic heterocycles. The van der Waals surface area contributed by atoms with Crippen molar-refractivity contribution in [2.75, 3.05) is 19.6 Å². The molecule has 0 bridgehead atoms. The predicted molar refractivity (Wildman–Crippen MR) is 136 cm³/mol. The first-order valence-corrected chi connectivity index (χ1v) is 12.8. The van der Waals surface area contributed by atoms with Gasteiger partial charge in [-0.25, -0.2) is 0 Å². The minimum absolute atomic E-state index is 0.0303. The van der Waals surface area contributed by atoms with E-state index in [4.69, 9.17) is 15.9 Å². The van der Waals surface area contributed by atoms with Gasteiger partial charge < -0.3 is 20.7 Å². The van der Waals surface area contributed by atoms with Crippen molar-refractivity contribution >= 4 is 23.6 Å². The van der Waals surface area contributed by atoms with E-state index < -0.39 is 17.1 Å². The molecule has 198 valence electrons. The Morgan fingerprint density at radius 3 is 2.50 bits per heavy atom. The fraction of sp³-hybridized carbons (Fsp3) is 0.654. The van der Waals surface area contributed by atoms with Crippen LogP contribution >= 0.6 is 0 Å². The summed E-state index contributed by atoms with van der Waals surface area (Å²) >= 11 is 0. The second-order valence-electron chi connectivity index (χ2n) is 10.7. The number of likely N-dealkylation sites (tertiary alicyclic amines) is 1. The molecule has 1 saturated carbocycles. The van der Waals surface area contributed by atoms with Gasteiger partial charge in [0.05, 0.1) is 13.1 Å². The van der Waals surface area contributed by atoms with Crippen molar-refractivity contribution in [3.63, 3.8) is 0 Å². The van der Waals surface area contributed by atoms with Crippen LogP contribution in [0.2, 0.25) is 0 Å². The molecule has 10 nitrogen and oxygen atoms in total. The molecule has 0 radical (unpaired) electrons. The van der Waals surface area contributed by atoms with Crippen LogP contribution in [0.1, 0.15) is 77.0 Å². The number of hydrogen-bond acceptors (Lipinski definition) is 7. The van der Waals surface area contributed by atoms with Gasteiger partial charge in [-0.2, -0.15) is 0 Å². The number of carbonyl (C=O) groups excluding carboxylic acids is 3. The van der Waals surface area contributed by atoms with Crippen molar-refractivity contribution in [2.24, 2.45) is 11.7 Å². The molecule has 10 heteroatoms. The van der Waals surface area contributed by atoms with E-state index in [0.29, 0.717) is 18.7 Å². The first-order chi connectivity index (χ1) is 17.0. The van der Waals surface area contributed by atoms with Crippen molar-refractivity contribution in [3.05, 3.63) is 29.6 Å². The molecule has 1 aliphatic carbocycles. The van der Waals surface area contributed by atoms with Gasteiger partial charge in [0.2, 0.25) is 11.8 Å². The highest BCUT2D eigenvalue weighted by atomic mass is 16.6. The molecule has 5 N–H and O–H groups in total. The molecule has 0 unspecified atom stereocenters. The standard InChI is InChI=1S/C26H40N6O4/c1-25(2,3)36-22(34)17-29-16-21(33)32-13-7-12-26(32,19-8-5-4-6-9-19)24(35)31-15-18-10-11-20(23(27)28)30-14-18/h10-11,14,19,29H,4-9,12-13,15-17H2,1-3H3,(H3,27,28)(H,31,35)/t26-/m1/s1. The largest absolute Gasteiger partial charge is 0.459 e. The first kappa shape index (κ1) is 27.6. The Kier molecular flexibility index (Phi) is 9.05. The maximum Gasteiger partial charge on any atom is 0.320 e. The van der Waals surface area contributed by atoms with Gasteiger partial charge in [-0.3, -0.25) is 30.1 Å². The maximum atomic E-state index is 13.8. The third-order valence-corrected chi connectivity index (χ3v) is 6.92. The number of pyridine rings is 1. The monoisotopic (exact) mass is 500 g/mol. The summed E-state index contributed by atoms with van der Waals surface area (Å²) in [5.74, 6) is -0.742. The lowest BCUT2D eigenvalue weighted by molar-refractivity contribution is -0.154. The molecule has 1 saturated heterocycles. The molecule has 2 fully saturated rings. The van der Waals surface area contributed by atoms with E-state index in [0.717, 1.165) is 44.1 Å². The third kappa shape index (κ3) is 6.81. The Bertz CT molecular complexity index is 952. The van der Waals surface area contributed by atoms with Gasteiger partial charge in [0.1, 0.15) is 22.7 Å². The highest BCUT2D eigenvalue weighted by Crippen LogP contribution is 2.43. The normalized spacial score (nSPS) is 20.7. The lowest BCUT2D eigenvalue weighted by atomic mass is 9.72. The molecule has 2 amide bonds. The molecule has 2 heterocycles. The summed E-state index contributed by atoms with van der Waals surface area (Å²) in [5, 5.41) is 13.4. The zero-order valence-electron chi connectivity index (χ0n) is 21.7. The SMILES string of the molecule is CC(C)(C)OC(=O)CNCC(=O)N1CCC[C@]1(C(=O)NCc1ccc(C(=N)N)nc1)C1CCCCC1. The lowest BCUT2D eigenvalue weighted by Crippen LogP contribution is -2.62. The topological polar surface area (TPSA) is 150 Å². The van der Waals surface area contributed by atoms with Crippen LogP contribution in [0.3, 0.4) is 0 Å². The third-order valence-electron chi connectivity index (χ3n) is 6.92. The number of nitrogens with two attached hydrogens (primary N) is 1. The number of nitrogens with zero attached hydrogens (tertiary/aromatic N) is 2. The van der Waals surface area contributed by atoms with Crippen LogP contribution in [-0.2, 0) is 25.7 Å². The Balaban J connectivity index is 1.70. The number of amidine groups is 1. The number of hydrogen-bond donors (Lipinski definition) is 4. The molecule has 0 aromatic carbocycles. The van der Waals surface area contributed by atoms with Crippen LogP contribution < -0.4 is 16.4 Å². The Hall–Kier alpha value is -3.01. The molecule has 1 aromatic rings. The minimum Gasteiger partial charge on any atom is -0.459 e. The maximum absolute atomic E-state index is 13.8. The van der Waals surface area contributed by atoms with Gasteiger partial charge in [0.25, 0.3) is 0 Å². The zero-order chi connectivity index (χ0) is 26.3. The van der Waals surface area contributed by atoms with Crippen molar-refractivity contribution in [1.29, 1.82) is 5.41 Å². The number of amides is 2. The van der Waals surface area contributed by atoms with Gasteiger partial charge >= 0.3 is 5.97 Å². The van der Waals surface area contributed by atoms with Crippen molar-refractivity contribution in [1.82, 2.24) is 20.5 Å². The van der Waals surface area contributed by atoms with Gasteiger partial charge in [0.15, 0.2) is 0 Å². The van der Waals surface area contributed by atoms with Crippen LogP contribution in [0.15, 0.2) is 18.3 Å².